The summed E-state index contributed by atoms with van der Waals surface area (Å²) in [6, 6.07) is 40.1. The molecule has 0 spiro atoms. The van der Waals surface area contributed by atoms with Crippen LogP contribution in [0.15, 0.2) is 121 Å². The van der Waals surface area contributed by atoms with Gasteiger partial charge in [-0.25, -0.2) is 4.79 Å². The second-order valence-electron chi connectivity index (χ2n) is 8.79. The maximum Gasteiger partial charge on any atom is 0.345 e. The van der Waals surface area contributed by atoms with Crippen molar-refractivity contribution in [3.63, 3.8) is 0 Å². The molecule has 0 radical (unpaired) electrons. The smallest absolute Gasteiger partial charge is 0.345 e. The van der Waals surface area contributed by atoms with Gasteiger partial charge in [-0.2, -0.15) is 0 Å². The van der Waals surface area contributed by atoms with E-state index in [1.165, 1.54) is 4.90 Å². The number of esters is 1. The number of amides is 1. The lowest BCUT2D eigenvalue weighted by Crippen LogP contribution is -2.58. The van der Waals surface area contributed by atoms with Gasteiger partial charge in [0.25, 0.3) is 0 Å². The molecule has 5 rings (SSSR count). The minimum atomic E-state index is -1.21. The predicted molar refractivity (Wildman–Crippen MR) is 148 cm³/mol. The van der Waals surface area contributed by atoms with E-state index in [9.17, 15) is 9.59 Å². The van der Waals surface area contributed by atoms with Gasteiger partial charge in [0.15, 0.2) is 0 Å². The van der Waals surface area contributed by atoms with E-state index < -0.39 is 16.2 Å². The van der Waals surface area contributed by atoms with Crippen LogP contribution >= 0.6 is 23.4 Å². The Bertz CT molecular complexity index is 1240. The van der Waals surface area contributed by atoms with Crippen molar-refractivity contribution in [2.75, 3.05) is 0 Å². The van der Waals surface area contributed by atoms with Crippen molar-refractivity contribution < 1.29 is 14.3 Å². The van der Waals surface area contributed by atoms with Gasteiger partial charge in [0.1, 0.15) is 6.61 Å². The Balaban J connectivity index is 1.47. The van der Waals surface area contributed by atoms with Gasteiger partial charge < -0.3 is 9.64 Å². The second-order valence-corrected chi connectivity index (χ2v) is 10.6. The third-order valence-corrected chi connectivity index (χ3v) is 8.58. The first-order chi connectivity index (χ1) is 18.1. The van der Waals surface area contributed by atoms with Crippen molar-refractivity contribution in [3.8, 4) is 0 Å². The van der Waals surface area contributed by atoms with Crippen LogP contribution in [0.25, 0.3) is 0 Å². The maximum absolute atomic E-state index is 12.9. The molecule has 6 heteroatoms. The van der Waals surface area contributed by atoms with Gasteiger partial charge in [-0.3, -0.25) is 4.79 Å². The number of carbonyl (C=O) groups excluding carboxylic acids is 2. The Morgan fingerprint density at radius 3 is 1.68 bits per heavy atom. The molecule has 1 fully saturated rings. The molecule has 37 heavy (non-hydrogen) atoms. The van der Waals surface area contributed by atoms with Crippen molar-refractivity contribution >= 4 is 35.2 Å². The summed E-state index contributed by atoms with van der Waals surface area (Å²) >= 11 is 8.20. The van der Waals surface area contributed by atoms with Gasteiger partial charge in [0, 0.05) is 0 Å². The number of thioether (sulfide) groups is 1. The lowest BCUT2D eigenvalue weighted by Gasteiger charge is -2.47. The fourth-order valence-electron chi connectivity index (χ4n) is 4.61. The lowest BCUT2D eigenvalue weighted by atomic mass is 9.84. The van der Waals surface area contributed by atoms with Crippen LogP contribution in [0.2, 0.25) is 0 Å². The van der Waals surface area contributed by atoms with Crippen LogP contribution in [0.5, 0.6) is 0 Å². The first-order valence-corrected chi connectivity index (χ1v) is 13.4. The highest BCUT2D eigenvalue weighted by Crippen LogP contribution is 2.53. The molecule has 4 aromatic rings. The van der Waals surface area contributed by atoms with Gasteiger partial charge in [0.2, 0.25) is 11.4 Å². The van der Waals surface area contributed by atoms with Gasteiger partial charge in [-0.15, -0.1) is 11.8 Å². The number of ether oxygens (including phenoxy) is 1. The average molecular weight is 528 g/mol. The molecule has 1 saturated heterocycles. The summed E-state index contributed by atoms with van der Waals surface area (Å²) in [6.07, 6.45) is 0.286. The van der Waals surface area contributed by atoms with Gasteiger partial charge >= 0.3 is 5.97 Å². The van der Waals surface area contributed by atoms with Crippen LogP contribution in [0.4, 0.5) is 0 Å². The number of β-lactam (4-membered cyclic amide) rings is 1. The zero-order valence-corrected chi connectivity index (χ0v) is 21.6. The maximum atomic E-state index is 12.9. The minimum absolute atomic E-state index is 0.102. The van der Waals surface area contributed by atoms with Crippen LogP contribution in [-0.2, 0) is 25.7 Å². The SMILES string of the molecule is O=C(OCc1ccccc1)C(Cl)N1C(=O)CC1SC(c1ccccc1)(c1ccccc1)c1ccccc1. The molecule has 1 heterocycles. The second kappa shape index (κ2) is 11.2. The van der Waals surface area contributed by atoms with Crippen LogP contribution in [-0.4, -0.2) is 27.7 Å². The molecular weight excluding hydrogens is 502 g/mol. The first kappa shape index (κ1) is 25.1. The summed E-state index contributed by atoms with van der Waals surface area (Å²) in [7, 11) is 0. The highest BCUT2D eigenvalue weighted by molar-refractivity contribution is 8.01. The number of nitrogens with zero attached hydrogens (tertiary/aromatic N) is 1. The molecular formula is C31H26ClNO3S. The molecule has 1 aliphatic rings. The van der Waals surface area contributed by atoms with Gasteiger partial charge in [-0.05, 0) is 22.3 Å². The van der Waals surface area contributed by atoms with Crippen LogP contribution in [0, 0.1) is 0 Å². The number of carbonyl (C=O) groups is 2. The Hall–Kier alpha value is -3.54. The number of hydrogen-bond acceptors (Lipinski definition) is 4. The third-order valence-electron chi connectivity index (χ3n) is 6.46. The zero-order valence-electron chi connectivity index (χ0n) is 20.1. The standard InChI is InChI=1S/C31H26ClNO3S/c32-29(30(35)36-22-23-13-5-1-6-14-23)33-27(34)21-28(33)37-31(24-15-7-2-8-16-24,25-17-9-3-10-18-25)26-19-11-4-12-20-26/h1-20,28-29H,21-22H2. The Kier molecular flexibility index (Phi) is 7.63. The Morgan fingerprint density at radius 1 is 0.811 bits per heavy atom. The van der Waals surface area contributed by atoms with Crippen molar-refractivity contribution in [1.82, 2.24) is 4.90 Å². The van der Waals surface area contributed by atoms with Crippen LogP contribution in [0.3, 0.4) is 0 Å². The van der Waals surface area contributed by atoms with E-state index in [4.69, 9.17) is 16.3 Å². The number of halogens is 1. The van der Waals surface area contributed by atoms with E-state index in [1.807, 2.05) is 84.9 Å². The largest absolute Gasteiger partial charge is 0.458 e. The van der Waals surface area contributed by atoms with E-state index in [2.05, 4.69) is 36.4 Å². The molecule has 0 aromatic heterocycles. The van der Waals surface area contributed by atoms with E-state index in [0.717, 1.165) is 22.3 Å². The average Bonchev–Trinajstić information content (AvgIpc) is 2.96. The number of alkyl halides is 1. The number of rotatable bonds is 9. The molecule has 4 aromatic carbocycles. The molecule has 0 bridgehead atoms. The van der Waals surface area contributed by atoms with E-state index in [0.29, 0.717) is 0 Å². The topological polar surface area (TPSA) is 46.6 Å². The van der Waals surface area contributed by atoms with Crippen LogP contribution in [0.1, 0.15) is 28.7 Å². The molecule has 2 unspecified atom stereocenters. The molecule has 0 aliphatic carbocycles. The van der Waals surface area contributed by atoms with E-state index in [1.54, 1.807) is 11.8 Å². The summed E-state index contributed by atoms with van der Waals surface area (Å²) < 4.78 is 4.83. The summed E-state index contributed by atoms with van der Waals surface area (Å²) in [5.41, 5.74) is 2.89. The normalized spacial score (nSPS) is 16.1. The number of benzene rings is 4. The summed E-state index contributed by atoms with van der Waals surface area (Å²) in [5, 5.41) is -0.320. The number of likely N-dealkylation sites (tertiary alicyclic amines) is 1. The van der Waals surface area contributed by atoms with Crippen molar-refractivity contribution in [2.45, 2.75) is 28.6 Å². The highest BCUT2D eigenvalue weighted by atomic mass is 35.5. The molecule has 2 atom stereocenters. The number of hydrogen-bond donors (Lipinski definition) is 0. The minimum Gasteiger partial charge on any atom is -0.458 e. The molecule has 1 amide bonds. The van der Waals surface area contributed by atoms with Crippen LogP contribution < -0.4 is 0 Å². The van der Waals surface area contributed by atoms with Gasteiger partial charge in [0.05, 0.1) is 16.5 Å². The van der Waals surface area contributed by atoms with Gasteiger partial charge in [-0.1, -0.05) is 133 Å². The molecule has 0 N–H and O–H groups in total. The van der Waals surface area contributed by atoms with E-state index in [-0.39, 0.29) is 24.3 Å². The monoisotopic (exact) mass is 527 g/mol. The fourth-order valence-corrected chi connectivity index (χ4v) is 6.79. The van der Waals surface area contributed by atoms with Crippen molar-refractivity contribution in [2.24, 2.45) is 0 Å². The molecule has 4 nitrogen and oxygen atoms in total. The van der Waals surface area contributed by atoms with E-state index >= 15 is 0 Å². The summed E-state index contributed by atoms with van der Waals surface area (Å²) in [5.74, 6) is -0.800. The third kappa shape index (κ3) is 5.15. The Morgan fingerprint density at radius 2 is 1.24 bits per heavy atom. The molecule has 186 valence electrons. The molecule has 0 saturated carbocycles. The first-order valence-electron chi connectivity index (χ1n) is 12.1. The summed E-state index contributed by atoms with van der Waals surface area (Å²) in [4.78, 5) is 27.1. The highest BCUT2D eigenvalue weighted by Gasteiger charge is 2.49. The lowest BCUT2D eigenvalue weighted by molar-refractivity contribution is -0.158. The van der Waals surface area contributed by atoms with Crippen molar-refractivity contribution in [3.05, 3.63) is 144 Å². The molecule has 1 aliphatic heterocycles. The Labute approximate surface area is 226 Å². The zero-order chi connectivity index (χ0) is 25.7. The van der Waals surface area contributed by atoms with Crippen molar-refractivity contribution in [1.29, 1.82) is 0 Å². The fraction of sp³-hybridized carbons (Fsp3) is 0.161. The predicted octanol–water partition coefficient (Wildman–Crippen LogP) is 6.58. The quantitative estimate of drug-likeness (QED) is 0.0811. The summed E-state index contributed by atoms with van der Waals surface area (Å²) in [6.45, 7) is 0.102.